The van der Waals surface area contributed by atoms with E-state index in [0.717, 1.165) is 5.56 Å². The second kappa shape index (κ2) is 8.19. The molecule has 0 aliphatic carbocycles. The van der Waals surface area contributed by atoms with Crippen LogP contribution in [-0.4, -0.2) is 25.0 Å². The summed E-state index contributed by atoms with van der Waals surface area (Å²) in [6.07, 6.45) is -0.0121. The number of amides is 2. The molecule has 0 saturated carbocycles. The Balaban J connectivity index is 2.06. The largest absolute Gasteiger partial charge is 0.493 e. The van der Waals surface area contributed by atoms with Crippen molar-refractivity contribution in [2.24, 2.45) is 0 Å². The zero-order valence-corrected chi connectivity index (χ0v) is 14.8. The lowest BCUT2D eigenvalue weighted by molar-refractivity contribution is 0.0846. The monoisotopic (exact) mass is 342 g/mol. The van der Waals surface area contributed by atoms with E-state index in [1.165, 1.54) is 7.11 Å². The first kappa shape index (κ1) is 18.3. The second-order valence-electron chi connectivity index (χ2n) is 5.76. The molecule has 0 unspecified atom stereocenters. The number of benzene rings is 2. The number of carbonyl (C=O) groups excluding carboxylic acids is 2. The topological polar surface area (TPSA) is 76.7 Å². The van der Waals surface area contributed by atoms with E-state index in [-0.39, 0.29) is 12.0 Å². The molecule has 0 bridgehead atoms. The van der Waals surface area contributed by atoms with Crippen molar-refractivity contribution in [1.29, 1.82) is 0 Å². The molecular formula is C19H22N2O4. The van der Waals surface area contributed by atoms with Crippen molar-refractivity contribution in [3.8, 4) is 11.5 Å². The molecule has 0 aromatic heterocycles. The third-order valence-electron chi connectivity index (χ3n) is 3.47. The van der Waals surface area contributed by atoms with Crippen LogP contribution in [0.5, 0.6) is 11.5 Å². The van der Waals surface area contributed by atoms with Gasteiger partial charge < -0.3 is 9.47 Å². The number of hydrogen-bond donors (Lipinski definition) is 2. The molecule has 25 heavy (non-hydrogen) atoms. The Morgan fingerprint density at radius 3 is 2.28 bits per heavy atom. The fourth-order valence-electron chi connectivity index (χ4n) is 2.24. The smallest absolute Gasteiger partial charge is 0.269 e. The highest BCUT2D eigenvalue weighted by atomic mass is 16.5. The number of nitrogens with one attached hydrogen (secondary N) is 2. The number of hydrazine groups is 1. The third-order valence-corrected chi connectivity index (χ3v) is 3.47. The summed E-state index contributed by atoms with van der Waals surface area (Å²) in [5, 5.41) is 0. The van der Waals surface area contributed by atoms with E-state index in [1.807, 2.05) is 32.9 Å². The van der Waals surface area contributed by atoms with Gasteiger partial charge >= 0.3 is 0 Å². The maximum Gasteiger partial charge on any atom is 0.269 e. The van der Waals surface area contributed by atoms with Gasteiger partial charge in [0, 0.05) is 11.1 Å². The molecule has 2 amide bonds. The summed E-state index contributed by atoms with van der Waals surface area (Å²) in [7, 11) is 1.50. The number of aryl methyl sites for hydroxylation is 1. The predicted octanol–water partition coefficient (Wildman–Crippen LogP) is 2.87. The van der Waals surface area contributed by atoms with Gasteiger partial charge in [0.25, 0.3) is 11.8 Å². The summed E-state index contributed by atoms with van der Waals surface area (Å²) in [6, 6.07) is 12.0. The fourth-order valence-corrected chi connectivity index (χ4v) is 2.24. The van der Waals surface area contributed by atoms with Gasteiger partial charge in [0.2, 0.25) is 0 Å². The SMILES string of the molecule is COc1cc(C(=O)NNC(=O)c2ccccc2C)ccc1OC(C)C. The fraction of sp³-hybridized carbons (Fsp3) is 0.263. The van der Waals surface area contributed by atoms with Crippen LogP contribution in [0.1, 0.15) is 40.1 Å². The summed E-state index contributed by atoms with van der Waals surface area (Å²) in [5.41, 5.74) is 6.48. The van der Waals surface area contributed by atoms with Crippen molar-refractivity contribution in [3.05, 3.63) is 59.2 Å². The van der Waals surface area contributed by atoms with Crippen molar-refractivity contribution in [2.75, 3.05) is 7.11 Å². The molecule has 0 fully saturated rings. The zero-order chi connectivity index (χ0) is 18.4. The van der Waals surface area contributed by atoms with Gasteiger partial charge in [0.15, 0.2) is 11.5 Å². The van der Waals surface area contributed by atoms with Gasteiger partial charge in [-0.1, -0.05) is 18.2 Å². The number of methoxy groups -OCH3 is 1. The van der Waals surface area contributed by atoms with E-state index in [1.54, 1.807) is 30.3 Å². The van der Waals surface area contributed by atoms with Crippen molar-refractivity contribution in [1.82, 2.24) is 10.9 Å². The Kier molecular flexibility index (Phi) is 6.00. The van der Waals surface area contributed by atoms with Gasteiger partial charge in [0.05, 0.1) is 13.2 Å². The van der Waals surface area contributed by atoms with Gasteiger partial charge in [-0.15, -0.1) is 0 Å². The van der Waals surface area contributed by atoms with Crippen LogP contribution in [-0.2, 0) is 0 Å². The molecule has 0 saturated heterocycles. The van der Waals surface area contributed by atoms with Gasteiger partial charge in [-0.25, -0.2) is 0 Å². The van der Waals surface area contributed by atoms with Crippen LogP contribution in [0.4, 0.5) is 0 Å². The molecule has 6 nitrogen and oxygen atoms in total. The standard InChI is InChI=1S/C19H22N2O4/c1-12(2)25-16-10-9-14(11-17(16)24-4)18(22)20-21-19(23)15-8-6-5-7-13(15)3/h5-12H,1-4H3,(H,20,22)(H,21,23). The van der Waals surface area contributed by atoms with E-state index < -0.39 is 5.91 Å². The zero-order valence-electron chi connectivity index (χ0n) is 14.8. The first-order valence-electron chi connectivity index (χ1n) is 7.93. The lowest BCUT2D eigenvalue weighted by Gasteiger charge is -2.14. The van der Waals surface area contributed by atoms with Gasteiger partial charge in [0.1, 0.15) is 0 Å². The van der Waals surface area contributed by atoms with Crippen LogP contribution < -0.4 is 20.3 Å². The molecule has 0 radical (unpaired) electrons. The molecule has 2 aromatic carbocycles. The highest BCUT2D eigenvalue weighted by Gasteiger charge is 2.14. The number of carbonyl (C=O) groups is 2. The molecule has 0 aliphatic rings. The Morgan fingerprint density at radius 1 is 0.960 bits per heavy atom. The predicted molar refractivity (Wildman–Crippen MR) is 94.9 cm³/mol. The maximum absolute atomic E-state index is 12.2. The highest BCUT2D eigenvalue weighted by Crippen LogP contribution is 2.28. The third kappa shape index (κ3) is 4.73. The van der Waals surface area contributed by atoms with E-state index in [9.17, 15) is 9.59 Å². The lowest BCUT2D eigenvalue weighted by atomic mass is 10.1. The van der Waals surface area contributed by atoms with Crippen molar-refractivity contribution < 1.29 is 19.1 Å². The van der Waals surface area contributed by atoms with E-state index >= 15 is 0 Å². The summed E-state index contributed by atoms with van der Waals surface area (Å²) in [4.78, 5) is 24.4. The van der Waals surface area contributed by atoms with Gasteiger partial charge in [-0.05, 0) is 50.6 Å². The number of rotatable bonds is 5. The molecule has 0 spiro atoms. The number of ether oxygens (including phenoxy) is 2. The molecule has 0 aliphatic heterocycles. The maximum atomic E-state index is 12.2. The van der Waals surface area contributed by atoms with Crippen LogP contribution in [0, 0.1) is 6.92 Å². The number of hydrogen-bond acceptors (Lipinski definition) is 4. The molecular weight excluding hydrogens is 320 g/mol. The van der Waals surface area contributed by atoms with Crippen molar-refractivity contribution in [3.63, 3.8) is 0 Å². The van der Waals surface area contributed by atoms with Gasteiger partial charge in [-0.3, -0.25) is 20.4 Å². The molecule has 2 rings (SSSR count). The molecule has 6 heteroatoms. The Bertz CT molecular complexity index is 772. The Hall–Kier alpha value is -3.02. The van der Waals surface area contributed by atoms with Crippen LogP contribution >= 0.6 is 0 Å². The quantitative estimate of drug-likeness (QED) is 0.819. The normalized spacial score (nSPS) is 10.3. The van der Waals surface area contributed by atoms with Crippen molar-refractivity contribution >= 4 is 11.8 Å². The Labute approximate surface area is 147 Å². The molecule has 0 atom stereocenters. The first-order valence-corrected chi connectivity index (χ1v) is 7.93. The minimum Gasteiger partial charge on any atom is -0.493 e. The summed E-state index contributed by atoms with van der Waals surface area (Å²) in [6.45, 7) is 5.64. The lowest BCUT2D eigenvalue weighted by Crippen LogP contribution is -2.41. The summed E-state index contributed by atoms with van der Waals surface area (Å²) < 4.78 is 10.9. The van der Waals surface area contributed by atoms with E-state index in [4.69, 9.17) is 9.47 Å². The van der Waals surface area contributed by atoms with Crippen LogP contribution in [0.2, 0.25) is 0 Å². The summed E-state index contributed by atoms with van der Waals surface area (Å²) in [5.74, 6) is 0.180. The molecule has 2 aromatic rings. The molecule has 132 valence electrons. The minimum atomic E-state index is -0.448. The van der Waals surface area contributed by atoms with Crippen LogP contribution in [0.25, 0.3) is 0 Å². The van der Waals surface area contributed by atoms with Gasteiger partial charge in [-0.2, -0.15) is 0 Å². The molecule has 2 N–H and O–H groups in total. The first-order chi connectivity index (χ1) is 11.9. The average molecular weight is 342 g/mol. The summed E-state index contributed by atoms with van der Waals surface area (Å²) >= 11 is 0. The molecule has 0 heterocycles. The highest BCUT2D eigenvalue weighted by molar-refractivity contribution is 6.00. The Morgan fingerprint density at radius 2 is 1.64 bits per heavy atom. The van der Waals surface area contributed by atoms with E-state index in [0.29, 0.717) is 22.6 Å². The minimum absolute atomic E-state index is 0.0121. The van der Waals surface area contributed by atoms with Crippen molar-refractivity contribution in [2.45, 2.75) is 26.9 Å². The van der Waals surface area contributed by atoms with Crippen LogP contribution in [0.3, 0.4) is 0 Å². The second-order valence-corrected chi connectivity index (χ2v) is 5.76. The van der Waals surface area contributed by atoms with Crippen LogP contribution in [0.15, 0.2) is 42.5 Å². The average Bonchev–Trinajstić information content (AvgIpc) is 2.59. The van der Waals surface area contributed by atoms with E-state index in [2.05, 4.69) is 10.9 Å².